The Balaban J connectivity index is 1.77. The minimum atomic E-state index is -3.13. The van der Waals surface area contributed by atoms with Crippen LogP contribution in [0.3, 0.4) is 0 Å². The van der Waals surface area contributed by atoms with E-state index in [0.29, 0.717) is 17.7 Å². The number of carbonyl (C=O) groups is 2. The molecule has 2 heterocycles. The molecular formula is C19H20N2O5S. The van der Waals surface area contributed by atoms with E-state index >= 15 is 0 Å². The summed E-state index contributed by atoms with van der Waals surface area (Å²) in [6, 6.07) is 9.76. The highest BCUT2D eigenvalue weighted by Gasteiger charge is 2.30. The standard InChI is InChI=1S/C19H20N2O5S/c1-13-4-6-14(7-5-13)18(22)21-17(11-16-3-2-9-26-16)19(23)20-15-8-10-27(24,25)12-15/h2-7,9,11,15H,8,10,12H2,1H3,(H,20,23)(H,21,22)/b17-11+/t15-/m0/s1. The van der Waals surface area contributed by atoms with Crippen LogP contribution in [-0.2, 0) is 14.6 Å². The molecule has 0 saturated carbocycles. The van der Waals surface area contributed by atoms with Crippen molar-refractivity contribution < 1.29 is 22.4 Å². The lowest BCUT2D eigenvalue weighted by Crippen LogP contribution is -2.41. The minimum absolute atomic E-state index is 0.0141. The van der Waals surface area contributed by atoms with Crippen LogP contribution in [0.25, 0.3) is 6.08 Å². The van der Waals surface area contributed by atoms with Gasteiger partial charge in [-0.05, 0) is 37.6 Å². The quantitative estimate of drug-likeness (QED) is 0.758. The molecule has 0 aliphatic carbocycles. The molecule has 2 N–H and O–H groups in total. The van der Waals surface area contributed by atoms with Crippen molar-refractivity contribution in [2.24, 2.45) is 0 Å². The highest BCUT2D eigenvalue weighted by atomic mass is 32.2. The van der Waals surface area contributed by atoms with Crippen molar-refractivity contribution in [3.05, 3.63) is 65.2 Å². The first-order valence-corrected chi connectivity index (χ1v) is 10.3. The van der Waals surface area contributed by atoms with E-state index in [2.05, 4.69) is 10.6 Å². The second-order valence-corrected chi connectivity index (χ2v) is 8.70. The Kier molecular flexibility index (Phi) is 5.46. The van der Waals surface area contributed by atoms with E-state index in [1.807, 2.05) is 6.92 Å². The third kappa shape index (κ3) is 5.07. The van der Waals surface area contributed by atoms with E-state index in [9.17, 15) is 18.0 Å². The fourth-order valence-corrected chi connectivity index (χ4v) is 4.42. The predicted octanol–water partition coefficient (Wildman–Crippen LogP) is 1.66. The largest absolute Gasteiger partial charge is 0.465 e. The van der Waals surface area contributed by atoms with Gasteiger partial charge in [0.15, 0.2) is 9.84 Å². The number of rotatable bonds is 5. The Hall–Kier alpha value is -2.87. The number of hydrogen-bond donors (Lipinski definition) is 2. The summed E-state index contributed by atoms with van der Waals surface area (Å²) in [5.41, 5.74) is 1.40. The molecule has 1 aliphatic heterocycles. The lowest BCUT2D eigenvalue weighted by molar-refractivity contribution is -0.118. The molecule has 2 amide bonds. The van der Waals surface area contributed by atoms with E-state index in [1.165, 1.54) is 12.3 Å². The Morgan fingerprint density at radius 3 is 2.52 bits per heavy atom. The highest BCUT2D eigenvalue weighted by molar-refractivity contribution is 7.91. The van der Waals surface area contributed by atoms with Crippen LogP contribution < -0.4 is 10.6 Å². The molecule has 7 nitrogen and oxygen atoms in total. The average Bonchev–Trinajstić information content (AvgIpc) is 3.24. The topological polar surface area (TPSA) is 105 Å². The van der Waals surface area contributed by atoms with Gasteiger partial charge in [0.1, 0.15) is 11.5 Å². The summed E-state index contributed by atoms with van der Waals surface area (Å²) in [6.07, 6.45) is 3.21. The third-order valence-electron chi connectivity index (χ3n) is 4.20. The summed E-state index contributed by atoms with van der Waals surface area (Å²) < 4.78 is 28.4. The molecule has 1 atom stereocenters. The smallest absolute Gasteiger partial charge is 0.268 e. The molecular weight excluding hydrogens is 368 g/mol. The molecule has 1 fully saturated rings. The van der Waals surface area contributed by atoms with Crippen LogP contribution in [0.5, 0.6) is 0 Å². The summed E-state index contributed by atoms with van der Waals surface area (Å²) in [6.45, 7) is 1.91. The molecule has 0 spiro atoms. The van der Waals surface area contributed by atoms with Crippen LogP contribution in [0, 0.1) is 6.92 Å². The Labute approximate surface area is 157 Å². The molecule has 0 bridgehead atoms. The van der Waals surface area contributed by atoms with E-state index in [0.717, 1.165) is 5.56 Å². The predicted molar refractivity (Wildman–Crippen MR) is 101 cm³/mol. The number of nitrogens with one attached hydrogen (secondary N) is 2. The van der Waals surface area contributed by atoms with Gasteiger partial charge < -0.3 is 15.1 Å². The molecule has 142 valence electrons. The molecule has 2 aromatic rings. The van der Waals surface area contributed by atoms with Crippen LogP contribution >= 0.6 is 0 Å². The van der Waals surface area contributed by atoms with Crippen molar-refractivity contribution in [3.8, 4) is 0 Å². The number of amides is 2. The third-order valence-corrected chi connectivity index (χ3v) is 5.97. The van der Waals surface area contributed by atoms with Crippen LogP contribution in [-0.4, -0.2) is 37.8 Å². The Bertz CT molecular complexity index is 960. The molecule has 0 radical (unpaired) electrons. The van der Waals surface area contributed by atoms with Crippen molar-refractivity contribution in [3.63, 3.8) is 0 Å². The van der Waals surface area contributed by atoms with Gasteiger partial charge in [-0.15, -0.1) is 0 Å². The first kappa shape index (κ1) is 18.9. The molecule has 1 saturated heterocycles. The zero-order chi connectivity index (χ0) is 19.4. The van der Waals surface area contributed by atoms with E-state index < -0.39 is 27.7 Å². The molecule has 1 aromatic carbocycles. The lowest BCUT2D eigenvalue weighted by atomic mass is 10.1. The van der Waals surface area contributed by atoms with Crippen LogP contribution in [0.1, 0.15) is 28.1 Å². The number of furan rings is 1. The molecule has 1 aromatic heterocycles. The summed E-state index contributed by atoms with van der Waals surface area (Å²) >= 11 is 0. The van der Waals surface area contributed by atoms with Gasteiger partial charge in [-0.25, -0.2) is 8.42 Å². The van der Waals surface area contributed by atoms with Crippen molar-refractivity contribution in [2.75, 3.05) is 11.5 Å². The maximum absolute atomic E-state index is 12.6. The number of benzene rings is 1. The van der Waals surface area contributed by atoms with Crippen molar-refractivity contribution in [2.45, 2.75) is 19.4 Å². The molecule has 8 heteroatoms. The van der Waals surface area contributed by atoms with Gasteiger partial charge in [0.25, 0.3) is 11.8 Å². The lowest BCUT2D eigenvalue weighted by Gasteiger charge is -2.14. The maximum Gasteiger partial charge on any atom is 0.268 e. The van der Waals surface area contributed by atoms with Crippen molar-refractivity contribution in [1.82, 2.24) is 10.6 Å². The van der Waals surface area contributed by atoms with Crippen molar-refractivity contribution >= 4 is 27.7 Å². The van der Waals surface area contributed by atoms with E-state index in [4.69, 9.17) is 4.42 Å². The van der Waals surface area contributed by atoms with Gasteiger partial charge in [0.05, 0.1) is 17.8 Å². The molecule has 27 heavy (non-hydrogen) atoms. The fourth-order valence-electron chi connectivity index (χ4n) is 2.75. The van der Waals surface area contributed by atoms with Gasteiger partial charge in [-0.1, -0.05) is 17.7 Å². The second kappa shape index (κ2) is 7.79. The zero-order valence-electron chi connectivity index (χ0n) is 14.8. The Morgan fingerprint density at radius 1 is 1.19 bits per heavy atom. The van der Waals surface area contributed by atoms with E-state index in [-0.39, 0.29) is 17.2 Å². The van der Waals surface area contributed by atoms with Gasteiger partial charge in [-0.2, -0.15) is 0 Å². The SMILES string of the molecule is Cc1ccc(C(=O)N/C(=C/c2ccco2)C(=O)N[C@H]2CCS(=O)(=O)C2)cc1. The number of sulfone groups is 1. The summed E-state index contributed by atoms with van der Waals surface area (Å²) in [7, 11) is -3.13. The summed E-state index contributed by atoms with van der Waals surface area (Å²) in [5, 5.41) is 5.26. The first-order valence-electron chi connectivity index (χ1n) is 8.47. The first-order chi connectivity index (χ1) is 12.8. The number of aryl methyl sites for hydroxylation is 1. The monoisotopic (exact) mass is 388 g/mol. The van der Waals surface area contributed by atoms with Crippen molar-refractivity contribution in [1.29, 1.82) is 0 Å². The summed E-state index contributed by atoms with van der Waals surface area (Å²) in [5.74, 6) is -0.664. The van der Waals surface area contributed by atoms with Gasteiger partial charge in [0.2, 0.25) is 0 Å². The molecule has 0 unspecified atom stereocenters. The summed E-state index contributed by atoms with van der Waals surface area (Å²) in [4.78, 5) is 25.1. The highest BCUT2D eigenvalue weighted by Crippen LogP contribution is 2.13. The van der Waals surface area contributed by atoms with Crippen LogP contribution in [0.15, 0.2) is 52.8 Å². The molecule has 3 rings (SSSR count). The zero-order valence-corrected chi connectivity index (χ0v) is 15.6. The van der Waals surface area contributed by atoms with Gasteiger partial charge >= 0.3 is 0 Å². The van der Waals surface area contributed by atoms with Gasteiger partial charge in [0, 0.05) is 17.7 Å². The maximum atomic E-state index is 12.6. The second-order valence-electron chi connectivity index (χ2n) is 6.47. The van der Waals surface area contributed by atoms with Crippen LogP contribution in [0.2, 0.25) is 0 Å². The Morgan fingerprint density at radius 2 is 1.93 bits per heavy atom. The molecule has 1 aliphatic rings. The number of hydrogen-bond acceptors (Lipinski definition) is 5. The van der Waals surface area contributed by atoms with E-state index in [1.54, 1.807) is 36.4 Å². The number of carbonyl (C=O) groups excluding carboxylic acids is 2. The minimum Gasteiger partial charge on any atom is -0.465 e. The average molecular weight is 388 g/mol. The fraction of sp³-hybridized carbons (Fsp3) is 0.263. The normalized spacial score (nSPS) is 18.9. The van der Waals surface area contributed by atoms with Gasteiger partial charge in [-0.3, -0.25) is 9.59 Å². The van der Waals surface area contributed by atoms with Crippen LogP contribution in [0.4, 0.5) is 0 Å².